The van der Waals surface area contributed by atoms with Crippen molar-refractivity contribution in [2.75, 3.05) is 5.32 Å². The molecule has 12 heavy (non-hydrogen) atoms. The van der Waals surface area contributed by atoms with E-state index in [9.17, 15) is 4.39 Å². The number of halogens is 2. The third-order valence-electron chi connectivity index (χ3n) is 1.66. The first kappa shape index (κ1) is 8.20. The molecule has 0 saturated carbocycles. The van der Waals surface area contributed by atoms with E-state index in [0.29, 0.717) is 9.92 Å². The molecule has 1 nitrogen and oxygen atoms in total. The van der Waals surface area contributed by atoms with E-state index in [1.54, 1.807) is 6.07 Å². The summed E-state index contributed by atoms with van der Waals surface area (Å²) in [6.45, 7) is 1.98. The third-order valence-corrected chi connectivity index (χ3v) is 3.00. The molecule has 1 aliphatic heterocycles. The molecule has 1 aliphatic rings. The van der Waals surface area contributed by atoms with Gasteiger partial charge >= 0.3 is 0 Å². The number of hydrogen-bond acceptors (Lipinski definition) is 2. The van der Waals surface area contributed by atoms with Crippen molar-refractivity contribution in [1.82, 2.24) is 0 Å². The van der Waals surface area contributed by atoms with Gasteiger partial charge in [-0.1, -0.05) is 23.4 Å². The van der Waals surface area contributed by atoms with Crippen molar-refractivity contribution in [2.24, 2.45) is 0 Å². The van der Waals surface area contributed by atoms with Gasteiger partial charge in [-0.25, -0.2) is 4.39 Å². The minimum Gasteiger partial charge on any atom is -0.372 e. The number of rotatable bonds is 0. The summed E-state index contributed by atoms with van der Waals surface area (Å²) in [7, 11) is 0. The molecule has 0 aliphatic carbocycles. The lowest BCUT2D eigenvalue weighted by atomic mass is 10.3. The van der Waals surface area contributed by atoms with E-state index in [0.717, 1.165) is 5.69 Å². The molecule has 1 unspecified atom stereocenters. The minimum atomic E-state index is -0.237. The first-order valence-corrected chi connectivity index (χ1v) is 4.85. The molecule has 1 heterocycles. The Morgan fingerprint density at radius 3 is 3.08 bits per heavy atom. The third kappa shape index (κ3) is 1.27. The van der Waals surface area contributed by atoms with Crippen LogP contribution in [0.25, 0.3) is 0 Å². The Bertz CT molecular complexity index is 329. The van der Waals surface area contributed by atoms with Crippen molar-refractivity contribution in [2.45, 2.75) is 17.2 Å². The SMILES string of the molecule is CC1Nc2cc(Cl)cc(F)c2S1. The van der Waals surface area contributed by atoms with Crippen molar-refractivity contribution in [1.29, 1.82) is 0 Å². The average Bonchev–Trinajstić information content (AvgIpc) is 2.29. The molecule has 0 bridgehead atoms. The number of hydrogen-bond donors (Lipinski definition) is 1. The molecular weight excluding hydrogens is 197 g/mol. The van der Waals surface area contributed by atoms with Crippen LogP contribution < -0.4 is 5.32 Å². The number of anilines is 1. The fourth-order valence-electron chi connectivity index (χ4n) is 1.21. The molecule has 4 heteroatoms. The van der Waals surface area contributed by atoms with E-state index in [2.05, 4.69) is 5.32 Å². The molecule has 1 aromatic rings. The second-order valence-electron chi connectivity index (χ2n) is 2.67. The number of fused-ring (bicyclic) bond motifs is 1. The Balaban J connectivity index is 2.52. The van der Waals surface area contributed by atoms with Gasteiger partial charge < -0.3 is 5.32 Å². The van der Waals surface area contributed by atoms with Gasteiger partial charge in [0.05, 0.1) is 16.0 Å². The minimum absolute atomic E-state index is 0.230. The maximum atomic E-state index is 13.2. The Morgan fingerprint density at radius 2 is 2.33 bits per heavy atom. The highest BCUT2D eigenvalue weighted by Gasteiger charge is 2.21. The summed E-state index contributed by atoms with van der Waals surface area (Å²) in [6.07, 6.45) is 0. The molecule has 0 aromatic heterocycles. The molecule has 1 N–H and O–H groups in total. The maximum absolute atomic E-state index is 13.2. The Hall–Kier alpha value is -0.410. The summed E-state index contributed by atoms with van der Waals surface area (Å²) < 4.78 is 13.2. The van der Waals surface area contributed by atoms with Crippen LogP contribution in [0.4, 0.5) is 10.1 Å². The van der Waals surface area contributed by atoms with Gasteiger partial charge in [0.15, 0.2) is 0 Å². The quantitative estimate of drug-likeness (QED) is 0.694. The van der Waals surface area contributed by atoms with Crippen molar-refractivity contribution in [3.63, 3.8) is 0 Å². The Kier molecular flexibility index (Phi) is 1.93. The summed E-state index contributed by atoms with van der Waals surface area (Å²) >= 11 is 7.17. The smallest absolute Gasteiger partial charge is 0.140 e. The summed E-state index contributed by atoms with van der Waals surface area (Å²) in [5, 5.41) is 3.79. The zero-order chi connectivity index (χ0) is 8.72. The van der Waals surface area contributed by atoms with Gasteiger partial charge in [0.25, 0.3) is 0 Å². The van der Waals surface area contributed by atoms with Gasteiger partial charge in [-0.3, -0.25) is 0 Å². The fourth-order valence-corrected chi connectivity index (χ4v) is 2.37. The predicted octanol–water partition coefficient (Wildman–Crippen LogP) is 3.34. The van der Waals surface area contributed by atoms with Crippen LogP contribution in [0, 0.1) is 5.82 Å². The molecule has 0 radical (unpaired) electrons. The zero-order valence-electron chi connectivity index (χ0n) is 6.40. The van der Waals surface area contributed by atoms with Crippen molar-refractivity contribution in [3.8, 4) is 0 Å². The molecule has 0 amide bonds. The monoisotopic (exact) mass is 203 g/mol. The molecule has 0 saturated heterocycles. The molecule has 1 aromatic carbocycles. The van der Waals surface area contributed by atoms with E-state index in [4.69, 9.17) is 11.6 Å². The molecule has 0 fully saturated rings. The highest BCUT2D eigenvalue weighted by molar-refractivity contribution is 8.00. The predicted molar refractivity (Wildman–Crippen MR) is 50.4 cm³/mol. The van der Waals surface area contributed by atoms with Gasteiger partial charge in [0, 0.05) is 5.02 Å². The highest BCUT2D eigenvalue weighted by Crippen LogP contribution is 2.41. The van der Waals surface area contributed by atoms with Crippen LogP contribution in [0.2, 0.25) is 5.02 Å². The second kappa shape index (κ2) is 2.82. The van der Waals surface area contributed by atoms with Crippen LogP contribution in [0.1, 0.15) is 6.92 Å². The van der Waals surface area contributed by atoms with Crippen LogP contribution in [0.3, 0.4) is 0 Å². The maximum Gasteiger partial charge on any atom is 0.140 e. The van der Waals surface area contributed by atoms with Crippen molar-refractivity contribution >= 4 is 29.1 Å². The van der Waals surface area contributed by atoms with Crippen LogP contribution >= 0.6 is 23.4 Å². The number of nitrogens with one attached hydrogen (secondary N) is 1. The molecule has 0 spiro atoms. The summed E-state index contributed by atoms with van der Waals surface area (Å²) in [6, 6.07) is 3.09. The van der Waals surface area contributed by atoms with E-state index in [1.165, 1.54) is 17.8 Å². The van der Waals surface area contributed by atoms with Crippen LogP contribution in [0.15, 0.2) is 17.0 Å². The van der Waals surface area contributed by atoms with E-state index in [-0.39, 0.29) is 11.2 Å². The zero-order valence-corrected chi connectivity index (χ0v) is 7.97. The molecular formula is C8H7ClFNS. The first-order chi connectivity index (χ1) is 5.66. The van der Waals surface area contributed by atoms with Gasteiger partial charge in [-0.15, -0.1) is 0 Å². The normalized spacial score (nSPS) is 20.4. The number of thioether (sulfide) groups is 1. The van der Waals surface area contributed by atoms with Crippen molar-refractivity contribution < 1.29 is 4.39 Å². The average molecular weight is 204 g/mol. The lowest BCUT2D eigenvalue weighted by molar-refractivity contribution is 0.604. The molecule has 64 valence electrons. The fraction of sp³-hybridized carbons (Fsp3) is 0.250. The topological polar surface area (TPSA) is 12.0 Å². The van der Waals surface area contributed by atoms with E-state index < -0.39 is 0 Å². The standard InChI is InChI=1S/C8H7ClFNS/c1-4-11-7-3-5(9)2-6(10)8(7)12-4/h2-4,11H,1H3. The summed E-state index contributed by atoms with van der Waals surface area (Å²) in [4.78, 5) is 0.673. The van der Waals surface area contributed by atoms with E-state index in [1.807, 2.05) is 6.92 Å². The van der Waals surface area contributed by atoms with Gasteiger partial charge in [-0.05, 0) is 19.1 Å². The highest BCUT2D eigenvalue weighted by atomic mass is 35.5. The second-order valence-corrected chi connectivity index (χ2v) is 4.46. The first-order valence-electron chi connectivity index (χ1n) is 3.59. The van der Waals surface area contributed by atoms with Gasteiger partial charge in [0.1, 0.15) is 5.82 Å². The van der Waals surface area contributed by atoms with Crippen LogP contribution in [0.5, 0.6) is 0 Å². The molecule has 2 rings (SSSR count). The Labute approximate surface area is 79.3 Å². The van der Waals surface area contributed by atoms with Crippen molar-refractivity contribution in [3.05, 3.63) is 23.0 Å². The van der Waals surface area contributed by atoms with Gasteiger partial charge in [0.2, 0.25) is 0 Å². The lowest BCUT2D eigenvalue weighted by Gasteiger charge is -2.00. The largest absolute Gasteiger partial charge is 0.372 e. The van der Waals surface area contributed by atoms with E-state index >= 15 is 0 Å². The summed E-state index contributed by atoms with van der Waals surface area (Å²) in [5.74, 6) is -0.237. The number of benzene rings is 1. The van der Waals surface area contributed by atoms with Gasteiger partial charge in [-0.2, -0.15) is 0 Å². The lowest BCUT2D eigenvalue weighted by Crippen LogP contribution is -2.02. The Morgan fingerprint density at radius 1 is 1.58 bits per heavy atom. The molecule has 1 atom stereocenters. The van der Waals surface area contributed by atoms with Crippen LogP contribution in [-0.4, -0.2) is 5.37 Å². The van der Waals surface area contributed by atoms with Crippen LogP contribution in [-0.2, 0) is 0 Å². The summed E-state index contributed by atoms with van der Waals surface area (Å²) in [5.41, 5.74) is 0.803.